The first-order valence-electron chi connectivity index (χ1n) is 8.89. The molecule has 120 valence electrons. The average molecular weight is 291 g/mol. The van der Waals surface area contributed by atoms with E-state index >= 15 is 0 Å². The van der Waals surface area contributed by atoms with Gasteiger partial charge in [0.25, 0.3) is 0 Å². The molecule has 1 heterocycles. The smallest absolute Gasteiger partial charge is 0.104 e. The summed E-state index contributed by atoms with van der Waals surface area (Å²) in [6.07, 6.45) is 12.6. The molecule has 2 rings (SSSR count). The Morgan fingerprint density at radius 3 is 2.67 bits per heavy atom. The van der Waals surface area contributed by atoms with Crippen molar-refractivity contribution in [1.29, 1.82) is 0 Å². The summed E-state index contributed by atoms with van der Waals surface area (Å²) in [5.74, 6) is 2.13. The summed E-state index contributed by atoms with van der Waals surface area (Å²) in [4.78, 5) is 0. The maximum Gasteiger partial charge on any atom is 0.104 e. The van der Waals surface area contributed by atoms with Crippen LogP contribution >= 0.6 is 0 Å². The molecule has 1 aromatic rings. The van der Waals surface area contributed by atoms with Gasteiger partial charge < -0.3 is 9.73 Å². The van der Waals surface area contributed by atoms with Crippen molar-refractivity contribution >= 4 is 0 Å². The second-order valence-electron chi connectivity index (χ2n) is 7.38. The molecule has 0 aromatic carbocycles. The molecular weight excluding hydrogens is 258 g/mol. The van der Waals surface area contributed by atoms with Crippen molar-refractivity contribution < 1.29 is 4.42 Å². The molecule has 0 aliphatic heterocycles. The van der Waals surface area contributed by atoms with Crippen molar-refractivity contribution in [2.45, 2.75) is 78.2 Å². The Balaban J connectivity index is 1.94. The maximum absolute atomic E-state index is 5.63. The standard InChI is InChI=1S/C19H33NO/c1-4-5-7-17-9-11-19(12-10-17,15-20-16(2)3)14-18-8-6-13-21-18/h6,8,13,16-17,20H,4-5,7,9-12,14-15H2,1-3H3. The minimum absolute atomic E-state index is 0.408. The van der Waals surface area contributed by atoms with Gasteiger partial charge in [-0.05, 0) is 49.1 Å². The third-order valence-corrected chi connectivity index (χ3v) is 5.15. The largest absolute Gasteiger partial charge is 0.469 e. The van der Waals surface area contributed by atoms with Gasteiger partial charge in [-0.15, -0.1) is 0 Å². The quantitative estimate of drug-likeness (QED) is 0.713. The number of nitrogens with one attached hydrogen (secondary N) is 1. The van der Waals surface area contributed by atoms with E-state index in [4.69, 9.17) is 4.42 Å². The minimum Gasteiger partial charge on any atom is -0.469 e. The van der Waals surface area contributed by atoms with Crippen molar-refractivity contribution in [3.05, 3.63) is 24.2 Å². The van der Waals surface area contributed by atoms with Gasteiger partial charge in [0.05, 0.1) is 6.26 Å². The summed E-state index contributed by atoms with van der Waals surface area (Å²) in [6, 6.07) is 4.72. The van der Waals surface area contributed by atoms with E-state index in [1.165, 1.54) is 44.9 Å². The molecule has 1 aromatic heterocycles. The maximum atomic E-state index is 5.63. The fourth-order valence-corrected chi connectivity index (χ4v) is 3.69. The molecule has 1 aliphatic rings. The lowest BCUT2D eigenvalue weighted by Gasteiger charge is -2.41. The minimum atomic E-state index is 0.408. The molecular formula is C19H33NO. The van der Waals surface area contributed by atoms with Crippen LogP contribution in [0.3, 0.4) is 0 Å². The lowest BCUT2D eigenvalue weighted by atomic mass is 9.67. The highest BCUT2D eigenvalue weighted by Crippen LogP contribution is 2.42. The number of furan rings is 1. The Kier molecular flexibility index (Phi) is 6.35. The van der Waals surface area contributed by atoms with Crippen molar-refractivity contribution in [3.63, 3.8) is 0 Å². The lowest BCUT2D eigenvalue weighted by molar-refractivity contribution is 0.128. The summed E-state index contributed by atoms with van der Waals surface area (Å²) in [5, 5.41) is 3.68. The van der Waals surface area contributed by atoms with E-state index in [1.54, 1.807) is 0 Å². The van der Waals surface area contributed by atoms with Crippen LogP contribution in [-0.4, -0.2) is 12.6 Å². The van der Waals surface area contributed by atoms with Crippen molar-refractivity contribution in [3.8, 4) is 0 Å². The van der Waals surface area contributed by atoms with E-state index in [1.807, 2.05) is 12.3 Å². The van der Waals surface area contributed by atoms with Crippen LogP contribution in [0.1, 0.15) is 71.5 Å². The zero-order valence-corrected chi connectivity index (χ0v) is 14.2. The van der Waals surface area contributed by atoms with Gasteiger partial charge in [-0.1, -0.05) is 40.0 Å². The molecule has 0 saturated heterocycles. The van der Waals surface area contributed by atoms with Crippen LogP contribution in [0.25, 0.3) is 0 Å². The fraction of sp³-hybridized carbons (Fsp3) is 0.789. The van der Waals surface area contributed by atoms with Crippen LogP contribution in [0.2, 0.25) is 0 Å². The average Bonchev–Trinajstić information content (AvgIpc) is 2.97. The van der Waals surface area contributed by atoms with Crippen molar-refractivity contribution in [1.82, 2.24) is 5.32 Å². The van der Waals surface area contributed by atoms with E-state index in [0.29, 0.717) is 11.5 Å². The summed E-state index contributed by atoms with van der Waals surface area (Å²) in [5.41, 5.74) is 0.408. The predicted molar refractivity (Wildman–Crippen MR) is 89.5 cm³/mol. The first kappa shape index (κ1) is 16.6. The predicted octanol–water partition coefficient (Wildman–Crippen LogP) is 5.19. The van der Waals surface area contributed by atoms with Crippen LogP contribution < -0.4 is 5.32 Å². The Morgan fingerprint density at radius 1 is 1.33 bits per heavy atom. The molecule has 1 fully saturated rings. The molecule has 2 nitrogen and oxygen atoms in total. The third-order valence-electron chi connectivity index (χ3n) is 5.15. The van der Waals surface area contributed by atoms with E-state index in [2.05, 4.69) is 32.2 Å². The van der Waals surface area contributed by atoms with Crippen LogP contribution in [-0.2, 0) is 6.42 Å². The molecule has 0 bridgehead atoms. The lowest BCUT2D eigenvalue weighted by Crippen LogP contribution is -2.41. The van der Waals surface area contributed by atoms with Gasteiger partial charge in [-0.25, -0.2) is 0 Å². The summed E-state index contributed by atoms with van der Waals surface area (Å²) >= 11 is 0. The van der Waals surface area contributed by atoms with Crippen LogP contribution in [0.4, 0.5) is 0 Å². The third kappa shape index (κ3) is 5.18. The molecule has 1 saturated carbocycles. The Bertz CT molecular complexity index is 374. The second kappa shape index (κ2) is 8.03. The molecule has 0 unspecified atom stereocenters. The monoisotopic (exact) mass is 291 g/mol. The van der Waals surface area contributed by atoms with Crippen LogP contribution in [0, 0.1) is 11.3 Å². The molecule has 0 atom stereocenters. The van der Waals surface area contributed by atoms with Gasteiger partial charge in [0.2, 0.25) is 0 Å². The molecule has 0 amide bonds. The Hall–Kier alpha value is -0.760. The van der Waals surface area contributed by atoms with E-state index < -0.39 is 0 Å². The van der Waals surface area contributed by atoms with Crippen molar-refractivity contribution in [2.75, 3.05) is 6.54 Å². The normalized spacial score (nSPS) is 26.4. The second-order valence-corrected chi connectivity index (χ2v) is 7.38. The first-order chi connectivity index (χ1) is 10.1. The van der Waals surface area contributed by atoms with Gasteiger partial charge in [0.15, 0.2) is 0 Å². The zero-order valence-electron chi connectivity index (χ0n) is 14.2. The zero-order chi connectivity index (χ0) is 15.1. The highest BCUT2D eigenvalue weighted by molar-refractivity contribution is 5.04. The van der Waals surface area contributed by atoms with Gasteiger partial charge in [0, 0.05) is 19.0 Å². The number of hydrogen-bond acceptors (Lipinski definition) is 2. The number of rotatable bonds is 8. The van der Waals surface area contributed by atoms with Gasteiger partial charge >= 0.3 is 0 Å². The molecule has 2 heteroatoms. The fourth-order valence-electron chi connectivity index (χ4n) is 3.69. The van der Waals surface area contributed by atoms with E-state index in [-0.39, 0.29) is 0 Å². The molecule has 1 aliphatic carbocycles. The molecule has 1 N–H and O–H groups in total. The van der Waals surface area contributed by atoms with Crippen LogP contribution in [0.5, 0.6) is 0 Å². The Labute approximate surface area is 130 Å². The summed E-state index contributed by atoms with van der Waals surface area (Å²) < 4.78 is 5.63. The van der Waals surface area contributed by atoms with E-state index in [9.17, 15) is 0 Å². The Morgan fingerprint density at radius 2 is 2.10 bits per heavy atom. The van der Waals surface area contributed by atoms with Gasteiger partial charge in [-0.3, -0.25) is 0 Å². The molecule has 21 heavy (non-hydrogen) atoms. The highest BCUT2D eigenvalue weighted by Gasteiger charge is 2.35. The van der Waals surface area contributed by atoms with E-state index in [0.717, 1.165) is 24.6 Å². The first-order valence-corrected chi connectivity index (χ1v) is 8.89. The molecule has 0 radical (unpaired) electrons. The van der Waals surface area contributed by atoms with Gasteiger partial charge in [0.1, 0.15) is 5.76 Å². The molecule has 0 spiro atoms. The SMILES string of the molecule is CCCCC1CCC(CNC(C)C)(Cc2ccco2)CC1. The number of unbranched alkanes of at least 4 members (excludes halogenated alkanes) is 1. The van der Waals surface area contributed by atoms with Crippen molar-refractivity contribution in [2.24, 2.45) is 11.3 Å². The highest BCUT2D eigenvalue weighted by atomic mass is 16.3. The van der Waals surface area contributed by atoms with Gasteiger partial charge in [-0.2, -0.15) is 0 Å². The topological polar surface area (TPSA) is 25.2 Å². The van der Waals surface area contributed by atoms with Crippen LogP contribution in [0.15, 0.2) is 22.8 Å². The summed E-state index contributed by atoms with van der Waals surface area (Å²) in [7, 11) is 0. The summed E-state index contributed by atoms with van der Waals surface area (Å²) in [6.45, 7) is 7.92. The number of hydrogen-bond donors (Lipinski definition) is 1.